The van der Waals surface area contributed by atoms with Crippen molar-refractivity contribution in [2.45, 2.75) is 145 Å². The average molecular weight is 1050 g/mol. The molecule has 2 heterocycles. The molecule has 0 aromatic carbocycles. The normalized spacial score (nSPS) is 16.2. The highest BCUT2D eigenvalue weighted by Gasteiger charge is 2.39. The standard InChI is InChI=1S/C47H80N16O11/c1-28(58-44(71)39(37(65)26-51)62-41(68)31(52)13-2-5-19-48)40(67)57-27-38(66)59-33(15-8-21-50)45(72)63-24-10-16-35(63)43(70)61-34(25-30-12-4-7-22-55-30)42(69)60-32(14-3-6-20-49)36(64)18-17-29(46(73)74)11-9-23-56-47(53)54/h4,7,11-12,22,28,31-35,37,39,65H,2-3,5-6,8-10,13-21,23-27,48-52H2,1H3,(H,57,67)(H,58,71)(H,59,66)(H,60,69)(H,61,70)(H,62,68)(H,73,74)(H4,53,54,56)/b29-11+/t28-,31-,32-,33+,34-,35-,37-,39-/m0/s1. The summed E-state index contributed by atoms with van der Waals surface area (Å²) in [5.74, 6) is -7.28. The van der Waals surface area contributed by atoms with Gasteiger partial charge in [0.2, 0.25) is 41.4 Å². The van der Waals surface area contributed by atoms with E-state index in [-0.39, 0.29) is 89.0 Å². The van der Waals surface area contributed by atoms with Crippen molar-refractivity contribution in [1.29, 1.82) is 5.41 Å². The maximum atomic E-state index is 14.2. The van der Waals surface area contributed by atoms with E-state index in [1.54, 1.807) is 18.2 Å². The molecule has 1 fully saturated rings. The molecule has 0 radical (unpaired) electrons. The number of nitrogens with zero attached hydrogens (tertiary/aromatic N) is 2. The van der Waals surface area contributed by atoms with Crippen LogP contribution in [0.3, 0.4) is 0 Å². The van der Waals surface area contributed by atoms with E-state index in [4.69, 9.17) is 39.8 Å². The molecule has 27 heteroatoms. The Morgan fingerprint density at radius 3 is 2.09 bits per heavy atom. The molecule has 7 amide bonds. The Bertz CT molecular complexity index is 2050. The molecular formula is C47H80N16O11. The zero-order valence-corrected chi connectivity index (χ0v) is 42.3. The van der Waals surface area contributed by atoms with Gasteiger partial charge in [-0.1, -0.05) is 18.6 Å². The maximum Gasteiger partial charge on any atom is 0.331 e. The molecule has 2 rings (SSSR count). The second kappa shape index (κ2) is 34.7. The number of aliphatic hydroxyl groups excluding tert-OH is 1. The lowest BCUT2D eigenvalue weighted by atomic mass is 9.98. The number of guanidine groups is 1. The first-order chi connectivity index (χ1) is 35.3. The van der Waals surface area contributed by atoms with Crippen LogP contribution in [-0.2, 0) is 49.6 Å². The zero-order chi connectivity index (χ0) is 55.2. The van der Waals surface area contributed by atoms with Crippen molar-refractivity contribution < 1.29 is 53.4 Å². The Labute approximate surface area is 431 Å². The highest BCUT2D eigenvalue weighted by molar-refractivity contribution is 5.98. The number of hydrogen-bond acceptors (Lipinski definition) is 17. The third kappa shape index (κ3) is 23.1. The van der Waals surface area contributed by atoms with Gasteiger partial charge >= 0.3 is 5.97 Å². The number of hydrogen-bond donors (Lipinski definition) is 16. The molecule has 1 saturated heterocycles. The van der Waals surface area contributed by atoms with E-state index >= 15 is 0 Å². The molecule has 0 saturated carbocycles. The fraction of sp³-hybridized carbons (Fsp3) is 0.638. The first kappa shape index (κ1) is 63.5. The van der Waals surface area contributed by atoms with Gasteiger partial charge < -0.3 is 86.7 Å². The van der Waals surface area contributed by atoms with Crippen LogP contribution < -0.4 is 71.6 Å². The minimum atomic E-state index is -1.56. The number of carbonyl (C=O) groups is 9. The second-order valence-electron chi connectivity index (χ2n) is 17.9. The quantitative estimate of drug-likeness (QED) is 0.0130. The van der Waals surface area contributed by atoms with Crippen molar-refractivity contribution in [2.75, 3.05) is 45.8 Å². The molecule has 1 aromatic rings. The number of nitrogens with two attached hydrogens (primary N) is 6. The molecule has 74 heavy (non-hydrogen) atoms. The molecule has 0 aliphatic carbocycles. The number of nitrogens with one attached hydrogen (secondary N) is 8. The van der Waals surface area contributed by atoms with E-state index in [9.17, 15) is 53.4 Å². The molecule has 1 aliphatic rings. The lowest BCUT2D eigenvalue weighted by molar-refractivity contribution is -0.142. The lowest BCUT2D eigenvalue weighted by Gasteiger charge is -2.30. The van der Waals surface area contributed by atoms with Gasteiger partial charge in [0.15, 0.2) is 11.7 Å². The average Bonchev–Trinajstić information content (AvgIpc) is 3.87. The molecule has 1 aromatic heterocycles. The number of carboxylic acid groups (broad SMARTS) is 1. The van der Waals surface area contributed by atoms with E-state index in [2.05, 4.69) is 42.2 Å². The Morgan fingerprint density at radius 2 is 1.47 bits per heavy atom. The molecular weight excluding hydrogens is 965 g/mol. The summed E-state index contributed by atoms with van der Waals surface area (Å²) < 4.78 is 0. The van der Waals surface area contributed by atoms with E-state index in [0.717, 1.165) is 0 Å². The molecule has 8 atom stereocenters. The lowest BCUT2D eigenvalue weighted by Crippen LogP contribution is -2.60. The fourth-order valence-corrected chi connectivity index (χ4v) is 7.86. The number of aliphatic hydroxyl groups is 1. The largest absolute Gasteiger partial charge is 0.478 e. The summed E-state index contributed by atoms with van der Waals surface area (Å²) in [6.07, 6.45) is 4.68. The van der Waals surface area contributed by atoms with Crippen molar-refractivity contribution in [3.63, 3.8) is 0 Å². The maximum absolute atomic E-state index is 14.2. The summed E-state index contributed by atoms with van der Waals surface area (Å²) >= 11 is 0. The molecule has 0 bridgehead atoms. The molecule has 27 nitrogen and oxygen atoms in total. The number of unbranched alkanes of at least 4 members (excludes halogenated alkanes) is 2. The Balaban J connectivity index is 2.21. The fourth-order valence-electron chi connectivity index (χ4n) is 7.86. The van der Waals surface area contributed by atoms with Crippen LogP contribution in [0.25, 0.3) is 0 Å². The van der Waals surface area contributed by atoms with Gasteiger partial charge in [0.05, 0.1) is 24.7 Å². The summed E-state index contributed by atoms with van der Waals surface area (Å²) in [6, 6.07) is -3.48. The van der Waals surface area contributed by atoms with Gasteiger partial charge in [-0.25, -0.2) is 4.79 Å². The number of likely N-dealkylation sites (tertiary alicyclic amines) is 1. The number of amides is 7. The van der Waals surface area contributed by atoms with Crippen LogP contribution in [0, 0.1) is 5.41 Å². The molecule has 0 unspecified atom stereocenters. The van der Waals surface area contributed by atoms with Gasteiger partial charge in [-0.3, -0.25) is 48.7 Å². The molecule has 1 aliphatic heterocycles. The van der Waals surface area contributed by atoms with Crippen molar-refractivity contribution in [1.82, 2.24) is 47.1 Å². The summed E-state index contributed by atoms with van der Waals surface area (Å²) in [5, 5.41) is 45.3. The van der Waals surface area contributed by atoms with Crippen LogP contribution in [0.15, 0.2) is 36.0 Å². The van der Waals surface area contributed by atoms with Gasteiger partial charge in [0.25, 0.3) is 0 Å². The topological polar surface area (TPSA) is 474 Å². The van der Waals surface area contributed by atoms with Gasteiger partial charge in [0, 0.05) is 49.9 Å². The second-order valence-corrected chi connectivity index (χ2v) is 17.9. The van der Waals surface area contributed by atoms with Gasteiger partial charge in [-0.15, -0.1) is 0 Å². The Hall–Kier alpha value is -6.65. The van der Waals surface area contributed by atoms with Gasteiger partial charge in [-0.2, -0.15) is 0 Å². The van der Waals surface area contributed by atoms with Crippen molar-refractivity contribution in [3.8, 4) is 0 Å². The number of rotatable bonds is 36. The third-order valence-corrected chi connectivity index (χ3v) is 12.0. The summed E-state index contributed by atoms with van der Waals surface area (Å²) in [7, 11) is 0. The van der Waals surface area contributed by atoms with E-state index in [1.807, 2.05) is 0 Å². The van der Waals surface area contributed by atoms with E-state index < -0.39 is 115 Å². The minimum absolute atomic E-state index is 0.0343. The van der Waals surface area contributed by atoms with Crippen LogP contribution in [0.4, 0.5) is 0 Å². The molecule has 0 spiro atoms. The molecule has 414 valence electrons. The highest BCUT2D eigenvalue weighted by Crippen LogP contribution is 2.21. The number of aliphatic carboxylic acids is 1. The van der Waals surface area contributed by atoms with Crippen LogP contribution in [0.1, 0.15) is 96.1 Å². The van der Waals surface area contributed by atoms with E-state index in [0.29, 0.717) is 50.9 Å². The first-order valence-electron chi connectivity index (χ1n) is 25.0. The van der Waals surface area contributed by atoms with Crippen molar-refractivity contribution >= 4 is 59.1 Å². The predicted octanol–water partition coefficient (Wildman–Crippen LogP) is -4.95. The van der Waals surface area contributed by atoms with Crippen LogP contribution in [0.2, 0.25) is 0 Å². The van der Waals surface area contributed by atoms with Crippen LogP contribution >= 0.6 is 0 Å². The number of Topliss-reactive ketones (excluding diaryl/α,β-unsaturated/α-hetero) is 1. The minimum Gasteiger partial charge on any atom is -0.478 e. The summed E-state index contributed by atoms with van der Waals surface area (Å²) in [6.45, 7) is 1.44. The van der Waals surface area contributed by atoms with Crippen molar-refractivity contribution in [3.05, 3.63) is 41.7 Å². The summed E-state index contributed by atoms with van der Waals surface area (Å²) in [4.78, 5) is 126. The smallest absolute Gasteiger partial charge is 0.331 e. The van der Waals surface area contributed by atoms with Gasteiger partial charge in [-0.05, 0) is 109 Å². The van der Waals surface area contributed by atoms with Gasteiger partial charge in [0.1, 0.15) is 30.2 Å². The third-order valence-electron chi connectivity index (χ3n) is 12.0. The highest BCUT2D eigenvalue weighted by atomic mass is 16.4. The Kier molecular flexibility index (Phi) is 29.8. The number of ketones is 1. The van der Waals surface area contributed by atoms with Crippen LogP contribution in [0.5, 0.6) is 0 Å². The molecule has 22 N–H and O–H groups in total. The first-order valence-corrected chi connectivity index (χ1v) is 25.0. The van der Waals surface area contributed by atoms with E-state index in [1.165, 1.54) is 24.1 Å². The number of pyridine rings is 1. The Morgan fingerprint density at radius 1 is 0.797 bits per heavy atom. The predicted molar refractivity (Wildman–Crippen MR) is 273 cm³/mol. The zero-order valence-electron chi connectivity index (χ0n) is 42.3. The number of aromatic nitrogens is 1. The SMILES string of the molecule is C[C@H](NC(=O)[C@@H](NC(=O)[C@@H](N)CCCCN)[C@@H](O)CN)C(=O)NCC(=O)N[C@H](CCCN)C(=O)N1CCC[C@H]1C(=O)N[C@@H](Cc1ccccn1)C(=O)N[C@@H](CCCCN)C(=O)CC/C(=C\CCNC(=N)N)C(=O)O. The summed E-state index contributed by atoms with van der Waals surface area (Å²) in [5.41, 5.74) is 34.2. The van der Waals surface area contributed by atoms with Crippen LogP contribution in [-0.4, -0.2) is 173 Å². The monoisotopic (exact) mass is 1040 g/mol. The number of carboxylic acids is 1. The number of carbonyl (C=O) groups excluding carboxylic acids is 8. The van der Waals surface area contributed by atoms with Crippen molar-refractivity contribution in [2.24, 2.45) is 34.4 Å².